The second-order valence-corrected chi connectivity index (χ2v) is 5.82. The van der Waals surface area contributed by atoms with E-state index in [1.165, 1.54) is 0 Å². The molecule has 0 bridgehead atoms. The summed E-state index contributed by atoms with van der Waals surface area (Å²) in [6.45, 7) is 4.51. The third-order valence-corrected chi connectivity index (χ3v) is 4.69. The molecule has 18 heavy (non-hydrogen) atoms. The molecular formula is C13H14Br2N2O. The van der Waals surface area contributed by atoms with Crippen LogP contribution in [0.3, 0.4) is 0 Å². The van der Waals surface area contributed by atoms with E-state index in [4.69, 9.17) is 4.74 Å². The second kappa shape index (κ2) is 5.45. The molecule has 0 amide bonds. The minimum absolute atomic E-state index is 0.499. The van der Waals surface area contributed by atoms with Crippen LogP contribution < -0.4 is 4.74 Å². The monoisotopic (exact) mass is 372 g/mol. The topological polar surface area (TPSA) is 27.1 Å². The average molecular weight is 374 g/mol. The summed E-state index contributed by atoms with van der Waals surface area (Å²) in [5.41, 5.74) is 3.17. The van der Waals surface area contributed by atoms with E-state index >= 15 is 0 Å². The van der Waals surface area contributed by atoms with E-state index in [0.717, 1.165) is 31.6 Å². The molecule has 0 saturated carbocycles. The highest BCUT2D eigenvalue weighted by molar-refractivity contribution is 9.10. The highest BCUT2D eigenvalue weighted by Gasteiger charge is 2.11. The summed E-state index contributed by atoms with van der Waals surface area (Å²) in [6, 6.07) is 5.96. The molecule has 1 heterocycles. The molecule has 0 spiro atoms. The molecule has 5 heteroatoms. The van der Waals surface area contributed by atoms with Crippen molar-refractivity contribution in [2.24, 2.45) is 7.05 Å². The molecule has 0 fully saturated rings. The summed E-state index contributed by atoms with van der Waals surface area (Å²) in [7, 11) is 1.92. The summed E-state index contributed by atoms with van der Waals surface area (Å²) >= 11 is 7.00. The minimum Gasteiger partial charge on any atom is -0.487 e. The van der Waals surface area contributed by atoms with E-state index in [1.54, 1.807) is 0 Å². The largest absolute Gasteiger partial charge is 0.487 e. The smallest absolute Gasteiger partial charge is 0.131 e. The first-order chi connectivity index (χ1) is 8.49. The molecule has 0 atom stereocenters. The molecule has 0 unspecified atom stereocenters. The third kappa shape index (κ3) is 2.78. The number of hydrogen-bond acceptors (Lipinski definition) is 2. The lowest BCUT2D eigenvalue weighted by Gasteiger charge is -2.08. The van der Waals surface area contributed by atoms with Crippen molar-refractivity contribution in [2.45, 2.75) is 20.5 Å². The van der Waals surface area contributed by atoms with Crippen LogP contribution in [0, 0.1) is 13.8 Å². The molecule has 1 aromatic carbocycles. The van der Waals surface area contributed by atoms with Gasteiger partial charge in [-0.3, -0.25) is 4.68 Å². The van der Waals surface area contributed by atoms with E-state index in [2.05, 4.69) is 37.0 Å². The molecule has 2 aromatic rings. The summed E-state index contributed by atoms with van der Waals surface area (Å²) in [5, 5.41) is 4.34. The molecule has 0 aliphatic carbocycles. The molecule has 0 saturated heterocycles. The Balaban J connectivity index is 2.14. The number of benzene rings is 1. The summed E-state index contributed by atoms with van der Waals surface area (Å²) in [5.74, 6) is 0.862. The maximum atomic E-state index is 5.79. The Morgan fingerprint density at radius 3 is 2.56 bits per heavy atom. The number of hydrogen-bond donors (Lipinski definition) is 0. The van der Waals surface area contributed by atoms with Gasteiger partial charge in [-0.25, -0.2) is 0 Å². The van der Waals surface area contributed by atoms with Crippen LogP contribution in [-0.2, 0) is 13.7 Å². The van der Waals surface area contributed by atoms with Crippen molar-refractivity contribution in [3.05, 3.63) is 44.1 Å². The number of aryl methyl sites for hydroxylation is 3. The van der Waals surface area contributed by atoms with Crippen LogP contribution in [-0.4, -0.2) is 9.78 Å². The molecule has 0 aliphatic heterocycles. The van der Waals surface area contributed by atoms with E-state index in [9.17, 15) is 0 Å². The number of ether oxygens (including phenoxy) is 1. The van der Waals surface area contributed by atoms with E-state index in [-0.39, 0.29) is 0 Å². The van der Waals surface area contributed by atoms with Gasteiger partial charge in [0.05, 0.1) is 15.9 Å². The first kappa shape index (κ1) is 13.6. The Morgan fingerprint density at radius 1 is 1.28 bits per heavy atom. The van der Waals surface area contributed by atoms with E-state index in [1.807, 2.05) is 43.8 Å². The molecule has 1 aromatic heterocycles. The first-order valence-electron chi connectivity index (χ1n) is 5.56. The van der Waals surface area contributed by atoms with Crippen LogP contribution in [0.2, 0.25) is 0 Å². The van der Waals surface area contributed by atoms with E-state index < -0.39 is 0 Å². The van der Waals surface area contributed by atoms with Gasteiger partial charge in [-0.05, 0) is 53.5 Å². The third-order valence-electron chi connectivity index (χ3n) is 2.77. The lowest BCUT2D eigenvalue weighted by molar-refractivity contribution is 0.294. The van der Waals surface area contributed by atoms with Crippen LogP contribution >= 0.6 is 31.9 Å². The van der Waals surface area contributed by atoms with Crippen LogP contribution in [0.1, 0.15) is 17.0 Å². The second-order valence-electron chi connectivity index (χ2n) is 4.17. The van der Waals surface area contributed by atoms with Crippen molar-refractivity contribution in [2.75, 3.05) is 0 Å². The first-order valence-corrected chi connectivity index (χ1v) is 7.14. The number of aromatic nitrogens is 2. The maximum Gasteiger partial charge on any atom is 0.131 e. The van der Waals surface area contributed by atoms with Gasteiger partial charge < -0.3 is 4.74 Å². The molecule has 0 radical (unpaired) electrons. The Hall–Kier alpha value is -0.810. The SMILES string of the molecule is Cc1cc(OCc2c(Br)c(C)nn2C)ccc1Br. The van der Waals surface area contributed by atoms with Gasteiger partial charge >= 0.3 is 0 Å². The predicted molar refractivity (Wildman–Crippen MR) is 78.9 cm³/mol. The lowest BCUT2D eigenvalue weighted by atomic mass is 10.2. The zero-order valence-corrected chi connectivity index (χ0v) is 13.7. The van der Waals surface area contributed by atoms with Crippen molar-refractivity contribution in [1.82, 2.24) is 9.78 Å². The summed E-state index contributed by atoms with van der Waals surface area (Å²) < 4.78 is 9.73. The quantitative estimate of drug-likeness (QED) is 0.808. The molecule has 0 N–H and O–H groups in total. The fourth-order valence-corrected chi connectivity index (χ4v) is 2.39. The molecule has 0 aliphatic rings. The van der Waals surface area contributed by atoms with E-state index in [0.29, 0.717) is 6.61 Å². The Kier molecular flexibility index (Phi) is 4.12. The maximum absolute atomic E-state index is 5.79. The van der Waals surface area contributed by atoms with Gasteiger partial charge in [0, 0.05) is 11.5 Å². The lowest BCUT2D eigenvalue weighted by Crippen LogP contribution is -2.03. The van der Waals surface area contributed by atoms with Gasteiger partial charge in [-0.15, -0.1) is 0 Å². The molecule has 96 valence electrons. The average Bonchev–Trinajstić information content (AvgIpc) is 2.56. The minimum atomic E-state index is 0.499. The van der Waals surface area contributed by atoms with Gasteiger partial charge in [0.1, 0.15) is 12.4 Å². The van der Waals surface area contributed by atoms with Crippen LogP contribution in [0.25, 0.3) is 0 Å². The highest BCUT2D eigenvalue weighted by atomic mass is 79.9. The van der Waals surface area contributed by atoms with Gasteiger partial charge in [0.25, 0.3) is 0 Å². The van der Waals surface area contributed by atoms with Crippen molar-refractivity contribution in [3.8, 4) is 5.75 Å². The zero-order chi connectivity index (χ0) is 13.3. The Bertz CT molecular complexity index is 579. The van der Waals surface area contributed by atoms with Crippen LogP contribution in [0.4, 0.5) is 0 Å². The Labute approximate surface area is 123 Å². The number of halogens is 2. The van der Waals surface area contributed by atoms with Gasteiger partial charge in [0.2, 0.25) is 0 Å². The van der Waals surface area contributed by atoms with Crippen LogP contribution in [0.5, 0.6) is 5.75 Å². The van der Waals surface area contributed by atoms with Crippen molar-refractivity contribution in [1.29, 1.82) is 0 Å². The van der Waals surface area contributed by atoms with Crippen LogP contribution in [0.15, 0.2) is 27.1 Å². The fourth-order valence-electron chi connectivity index (χ4n) is 1.70. The summed E-state index contributed by atoms with van der Waals surface area (Å²) in [6.07, 6.45) is 0. The fraction of sp³-hybridized carbons (Fsp3) is 0.308. The zero-order valence-electron chi connectivity index (χ0n) is 10.5. The normalized spacial score (nSPS) is 10.7. The van der Waals surface area contributed by atoms with Gasteiger partial charge in [-0.1, -0.05) is 15.9 Å². The molecule has 3 nitrogen and oxygen atoms in total. The highest BCUT2D eigenvalue weighted by Crippen LogP contribution is 2.24. The number of rotatable bonds is 3. The van der Waals surface area contributed by atoms with Gasteiger partial charge in [-0.2, -0.15) is 5.10 Å². The van der Waals surface area contributed by atoms with Crippen molar-refractivity contribution in [3.63, 3.8) is 0 Å². The molecular weight excluding hydrogens is 360 g/mol. The Morgan fingerprint density at radius 2 is 2.00 bits per heavy atom. The predicted octanol–water partition coefficient (Wildman–Crippen LogP) is 4.14. The molecule has 2 rings (SSSR count). The van der Waals surface area contributed by atoms with Crippen molar-refractivity contribution < 1.29 is 4.74 Å². The standard InChI is InChI=1S/C13H14Br2N2O/c1-8-6-10(4-5-11(8)14)18-7-12-13(15)9(2)16-17(12)3/h4-6H,7H2,1-3H3. The van der Waals surface area contributed by atoms with Crippen molar-refractivity contribution >= 4 is 31.9 Å². The summed E-state index contributed by atoms with van der Waals surface area (Å²) in [4.78, 5) is 0. The number of nitrogens with zero attached hydrogens (tertiary/aromatic N) is 2. The van der Waals surface area contributed by atoms with Gasteiger partial charge in [0.15, 0.2) is 0 Å².